The van der Waals surface area contributed by atoms with Gasteiger partial charge < -0.3 is 4.90 Å². The molecule has 1 unspecified atom stereocenters. The van der Waals surface area contributed by atoms with Crippen LogP contribution in [0.3, 0.4) is 0 Å². The van der Waals surface area contributed by atoms with Gasteiger partial charge in [-0.15, -0.1) is 0 Å². The Morgan fingerprint density at radius 3 is 2.61 bits per heavy atom. The van der Waals surface area contributed by atoms with Crippen LogP contribution >= 0.6 is 15.9 Å². The van der Waals surface area contributed by atoms with Crippen molar-refractivity contribution < 1.29 is 4.79 Å². The van der Waals surface area contributed by atoms with Crippen LogP contribution in [0.1, 0.15) is 43.4 Å². The molecule has 3 heteroatoms. The van der Waals surface area contributed by atoms with Gasteiger partial charge in [-0.05, 0) is 65.4 Å². The third-order valence-electron chi connectivity index (χ3n) is 6.20. The van der Waals surface area contributed by atoms with Crippen LogP contribution < -0.4 is 4.90 Å². The van der Waals surface area contributed by atoms with Crippen molar-refractivity contribution in [3.63, 3.8) is 0 Å². The van der Waals surface area contributed by atoms with Crippen molar-refractivity contribution in [3.05, 3.63) is 81.8 Å². The van der Waals surface area contributed by atoms with Gasteiger partial charge in [0.25, 0.3) is 0 Å². The number of carbonyl (C=O) groups excluding carboxylic acids is 1. The van der Waals surface area contributed by atoms with E-state index in [0.29, 0.717) is 6.42 Å². The number of nitrogens with zero attached hydrogens (tertiary/aromatic N) is 1. The predicted octanol–water partition coefficient (Wildman–Crippen LogP) is 6.50. The molecule has 1 fully saturated rings. The number of hydrogen-bond acceptors (Lipinski definition) is 1. The second-order valence-electron chi connectivity index (χ2n) is 8.02. The molecule has 2 heterocycles. The van der Waals surface area contributed by atoms with Gasteiger partial charge in [-0.2, -0.15) is 0 Å². The number of halogens is 1. The van der Waals surface area contributed by atoms with Crippen LogP contribution in [0.2, 0.25) is 0 Å². The maximum atomic E-state index is 12.8. The van der Waals surface area contributed by atoms with E-state index in [2.05, 4.69) is 90.5 Å². The van der Waals surface area contributed by atoms with Crippen molar-refractivity contribution in [1.29, 1.82) is 0 Å². The van der Waals surface area contributed by atoms with Crippen LogP contribution in [0.5, 0.6) is 0 Å². The largest absolute Gasteiger partial charge is 0.302 e. The zero-order chi connectivity index (χ0) is 19.5. The summed E-state index contributed by atoms with van der Waals surface area (Å²) in [6, 6.07) is 19.5. The Morgan fingerprint density at radius 2 is 1.86 bits per heavy atom. The average molecular weight is 432 g/mol. The molecule has 0 spiro atoms. The molecule has 3 aromatic rings. The lowest BCUT2D eigenvalue weighted by Gasteiger charge is -2.39. The number of amides is 1. The molecule has 1 atom stereocenters. The van der Waals surface area contributed by atoms with Gasteiger partial charge in [-0.3, -0.25) is 4.79 Å². The molecule has 2 aliphatic rings. The van der Waals surface area contributed by atoms with Crippen molar-refractivity contribution in [3.8, 4) is 0 Å². The van der Waals surface area contributed by atoms with Crippen molar-refractivity contribution in [2.24, 2.45) is 0 Å². The SMILES string of the molecule is CCc1ccc(C2=CC3(C)CCC(=O)N3c3ccc4cc(Br)ccc4c32)cc1. The second kappa shape index (κ2) is 6.31. The molecule has 140 valence electrons. The third kappa shape index (κ3) is 2.56. The Kier molecular flexibility index (Phi) is 3.99. The smallest absolute Gasteiger partial charge is 0.227 e. The fourth-order valence-corrected chi connectivity index (χ4v) is 5.08. The van der Waals surface area contributed by atoms with E-state index in [0.717, 1.165) is 23.0 Å². The first-order valence-electron chi connectivity index (χ1n) is 9.88. The molecule has 0 radical (unpaired) electrons. The molecule has 5 rings (SSSR count). The molecular weight excluding hydrogens is 410 g/mol. The monoisotopic (exact) mass is 431 g/mol. The molecule has 0 bridgehead atoms. The zero-order valence-corrected chi connectivity index (χ0v) is 17.7. The van der Waals surface area contributed by atoms with Gasteiger partial charge in [0.2, 0.25) is 5.91 Å². The van der Waals surface area contributed by atoms with Gasteiger partial charge in [0.05, 0.1) is 11.2 Å². The van der Waals surface area contributed by atoms with Gasteiger partial charge >= 0.3 is 0 Å². The fourth-order valence-electron chi connectivity index (χ4n) is 4.70. The van der Waals surface area contributed by atoms with E-state index in [-0.39, 0.29) is 11.4 Å². The summed E-state index contributed by atoms with van der Waals surface area (Å²) in [5, 5.41) is 2.37. The summed E-state index contributed by atoms with van der Waals surface area (Å²) in [6.45, 7) is 4.37. The number of rotatable bonds is 2. The third-order valence-corrected chi connectivity index (χ3v) is 6.70. The first kappa shape index (κ1) is 17.7. The summed E-state index contributed by atoms with van der Waals surface area (Å²) in [6.07, 6.45) is 4.82. The average Bonchev–Trinajstić information content (AvgIpc) is 3.01. The molecule has 0 saturated carbocycles. The Balaban J connectivity index is 1.82. The molecule has 2 aliphatic heterocycles. The second-order valence-corrected chi connectivity index (χ2v) is 8.94. The van der Waals surface area contributed by atoms with Crippen molar-refractivity contribution in [1.82, 2.24) is 0 Å². The van der Waals surface area contributed by atoms with Crippen molar-refractivity contribution >= 4 is 43.9 Å². The van der Waals surface area contributed by atoms with Gasteiger partial charge in [0.1, 0.15) is 0 Å². The van der Waals surface area contributed by atoms with Crippen LogP contribution in [0, 0.1) is 0 Å². The highest BCUT2D eigenvalue weighted by Gasteiger charge is 2.45. The Labute approximate surface area is 174 Å². The number of benzene rings is 3. The lowest BCUT2D eigenvalue weighted by atomic mass is 9.82. The van der Waals surface area contributed by atoms with Crippen LogP contribution in [-0.2, 0) is 11.2 Å². The number of carbonyl (C=O) groups is 1. The highest BCUT2D eigenvalue weighted by Crippen LogP contribution is 2.49. The van der Waals surface area contributed by atoms with E-state index in [9.17, 15) is 4.79 Å². The number of aryl methyl sites for hydroxylation is 1. The van der Waals surface area contributed by atoms with Gasteiger partial charge in [0, 0.05) is 16.5 Å². The first-order valence-corrected chi connectivity index (χ1v) is 10.7. The summed E-state index contributed by atoms with van der Waals surface area (Å²) >= 11 is 3.59. The van der Waals surface area contributed by atoms with E-state index in [4.69, 9.17) is 0 Å². The molecular formula is C25H22BrNO. The van der Waals surface area contributed by atoms with Crippen molar-refractivity contribution in [2.45, 2.75) is 38.6 Å². The number of hydrogen-bond donors (Lipinski definition) is 0. The standard InChI is InChI=1S/C25H22BrNO/c1-3-16-4-6-17(7-5-16)21-15-25(2)13-12-23(28)27(25)22-11-8-18-14-19(26)9-10-20(18)24(21)22/h4-11,14-15H,3,12-13H2,1-2H3. The molecule has 1 amide bonds. The minimum Gasteiger partial charge on any atom is -0.302 e. The van der Waals surface area contributed by atoms with Crippen molar-refractivity contribution in [2.75, 3.05) is 4.90 Å². The van der Waals surface area contributed by atoms with Crippen LogP contribution in [-0.4, -0.2) is 11.4 Å². The zero-order valence-electron chi connectivity index (χ0n) is 16.1. The van der Waals surface area contributed by atoms with E-state index >= 15 is 0 Å². The summed E-state index contributed by atoms with van der Waals surface area (Å²) in [7, 11) is 0. The highest BCUT2D eigenvalue weighted by atomic mass is 79.9. The van der Waals surface area contributed by atoms with E-state index in [1.54, 1.807) is 0 Å². The maximum absolute atomic E-state index is 12.8. The Morgan fingerprint density at radius 1 is 1.07 bits per heavy atom. The quantitative estimate of drug-likeness (QED) is 0.453. The summed E-state index contributed by atoms with van der Waals surface area (Å²) in [4.78, 5) is 14.8. The number of anilines is 1. The van der Waals surface area contributed by atoms with E-state index in [1.165, 1.54) is 33.0 Å². The van der Waals surface area contributed by atoms with Crippen LogP contribution in [0.25, 0.3) is 16.3 Å². The minimum atomic E-state index is -0.258. The summed E-state index contributed by atoms with van der Waals surface area (Å²) in [5.74, 6) is 0.219. The molecule has 0 aliphatic carbocycles. The van der Waals surface area contributed by atoms with Gasteiger partial charge in [0.15, 0.2) is 0 Å². The lowest BCUT2D eigenvalue weighted by Crippen LogP contribution is -2.44. The van der Waals surface area contributed by atoms with E-state index < -0.39 is 0 Å². The highest BCUT2D eigenvalue weighted by molar-refractivity contribution is 9.10. The van der Waals surface area contributed by atoms with Crippen LogP contribution in [0.15, 0.2) is 65.1 Å². The number of fused-ring (bicyclic) bond motifs is 5. The van der Waals surface area contributed by atoms with Gasteiger partial charge in [-0.25, -0.2) is 0 Å². The van der Waals surface area contributed by atoms with E-state index in [1.807, 2.05) is 4.90 Å². The molecule has 2 nitrogen and oxygen atoms in total. The maximum Gasteiger partial charge on any atom is 0.227 e. The lowest BCUT2D eigenvalue weighted by molar-refractivity contribution is -0.117. The Hall–Kier alpha value is -2.39. The molecule has 28 heavy (non-hydrogen) atoms. The molecule has 1 saturated heterocycles. The topological polar surface area (TPSA) is 20.3 Å². The normalized spacial score (nSPS) is 20.9. The molecule has 3 aromatic carbocycles. The summed E-state index contributed by atoms with van der Waals surface area (Å²) < 4.78 is 1.07. The molecule has 0 aromatic heterocycles. The Bertz CT molecular complexity index is 1150. The minimum absolute atomic E-state index is 0.219. The summed E-state index contributed by atoms with van der Waals surface area (Å²) in [5.41, 5.74) is 5.74. The predicted molar refractivity (Wildman–Crippen MR) is 120 cm³/mol. The first-order chi connectivity index (χ1) is 13.5. The molecule has 0 N–H and O–H groups in total. The van der Waals surface area contributed by atoms with Crippen LogP contribution in [0.4, 0.5) is 5.69 Å². The fraction of sp³-hybridized carbons (Fsp3) is 0.240. The van der Waals surface area contributed by atoms with Gasteiger partial charge in [-0.1, -0.05) is 65.3 Å².